The number of benzene rings is 2. The summed E-state index contributed by atoms with van der Waals surface area (Å²) in [5, 5.41) is 0. The molecular formula is C26H33N3O3S. The van der Waals surface area contributed by atoms with Gasteiger partial charge in [0.05, 0.1) is 17.7 Å². The summed E-state index contributed by atoms with van der Waals surface area (Å²) in [4.78, 5) is 18.4. The number of carbonyl (C=O) groups excluding carboxylic acids is 1. The molecule has 1 fully saturated rings. The summed E-state index contributed by atoms with van der Waals surface area (Å²) in [5.41, 5.74) is 2.48. The lowest BCUT2D eigenvalue weighted by Gasteiger charge is -2.35. The molecule has 6 nitrogen and oxygen atoms in total. The number of anilines is 1. The summed E-state index contributed by atoms with van der Waals surface area (Å²) in [6, 6.07) is 17.5. The van der Waals surface area contributed by atoms with E-state index in [2.05, 4.69) is 33.9 Å². The first-order valence-corrected chi connectivity index (χ1v) is 13.5. The maximum atomic E-state index is 13.9. The number of sulfonamides is 1. The van der Waals surface area contributed by atoms with Gasteiger partial charge in [0, 0.05) is 18.8 Å². The van der Waals surface area contributed by atoms with Crippen molar-refractivity contribution >= 4 is 21.6 Å². The van der Waals surface area contributed by atoms with Crippen molar-refractivity contribution in [2.75, 3.05) is 36.7 Å². The molecule has 7 heteroatoms. The molecule has 2 aromatic rings. The molecule has 2 aliphatic heterocycles. The third kappa shape index (κ3) is 5.84. The zero-order valence-corrected chi connectivity index (χ0v) is 20.0. The smallest absolute Gasteiger partial charge is 0.232 e. The molecule has 2 unspecified atom stereocenters. The van der Waals surface area contributed by atoms with Gasteiger partial charge in [-0.15, -0.1) is 0 Å². The van der Waals surface area contributed by atoms with E-state index in [1.165, 1.54) is 12.8 Å². The van der Waals surface area contributed by atoms with Crippen LogP contribution >= 0.6 is 0 Å². The van der Waals surface area contributed by atoms with Crippen LogP contribution in [0.3, 0.4) is 0 Å². The second-order valence-electron chi connectivity index (χ2n) is 8.82. The van der Waals surface area contributed by atoms with E-state index in [0.29, 0.717) is 18.7 Å². The summed E-state index contributed by atoms with van der Waals surface area (Å²) in [5.74, 6) is -0.256. The van der Waals surface area contributed by atoms with Gasteiger partial charge >= 0.3 is 0 Å². The molecule has 0 aliphatic carbocycles. The lowest BCUT2D eigenvalue weighted by Crippen LogP contribution is -2.42. The number of nitrogens with zero attached hydrogens (tertiary/aromatic N) is 2. The van der Waals surface area contributed by atoms with E-state index in [1.807, 2.05) is 35.2 Å². The number of allylic oxidation sites excluding steroid dienone is 1. The SMILES string of the molecule is CCS(=O)(=O)Nc1cccc(C2CC=CCN(C(CN3CCCC3)c3ccccc3)C2=O)c1. The lowest BCUT2D eigenvalue weighted by atomic mass is 9.93. The molecule has 0 bridgehead atoms. The monoisotopic (exact) mass is 467 g/mol. The zero-order chi connectivity index (χ0) is 23.3. The summed E-state index contributed by atoms with van der Waals surface area (Å²) < 4.78 is 26.7. The molecule has 2 atom stereocenters. The first kappa shape index (κ1) is 23.5. The van der Waals surface area contributed by atoms with Gasteiger partial charge in [-0.3, -0.25) is 9.52 Å². The largest absolute Gasteiger partial charge is 0.330 e. The van der Waals surface area contributed by atoms with Crippen molar-refractivity contribution in [3.63, 3.8) is 0 Å². The van der Waals surface area contributed by atoms with Crippen LogP contribution in [0.5, 0.6) is 0 Å². The number of amides is 1. The van der Waals surface area contributed by atoms with E-state index in [1.54, 1.807) is 19.1 Å². The fraction of sp³-hybridized carbons (Fsp3) is 0.423. The maximum absolute atomic E-state index is 13.9. The van der Waals surface area contributed by atoms with Gasteiger partial charge in [0.15, 0.2) is 0 Å². The van der Waals surface area contributed by atoms with E-state index >= 15 is 0 Å². The molecule has 2 aromatic carbocycles. The van der Waals surface area contributed by atoms with Crippen LogP contribution < -0.4 is 4.72 Å². The Morgan fingerprint density at radius 2 is 1.79 bits per heavy atom. The van der Waals surface area contributed by atoms with Crippen molar-refractivity contribution in [2.45, 2.75) is 38.1 Å². The minimum atomic E-state index is -3.38. The Balaban J connectivity index is 1.63. The van der Waals surface area contributed by atoms with Crippen LogP contribution in [0.1, 0.15) is 49.3 Å². The van der Waals surface area contributed by atoms with Crippen LogP contribution in [-0.2, 0) is 14.8 Å². The molecule has 1 saturated heterocycles. The Bertz CT molecular complexity index is 1080. The minimum absolute atomic E-state index is 0.00532. The molecule has 33 heavy (non-hydrogen) atoms. The predicted octanol–water partition coefficient (Wildman–Crippen LogP) is 4.16. The standard InChI is InChI=1S/C26H33N3O3S/c1-2-33(31,32)27-23-14-10-13-22(19-23)24-15-6-7-18-29(26(24)30)25(20-28-16-8-9-17-28)21-11-4-3-5-12-21/h3-7,10-14,19,24-25,27H,2,8-9,15-18,20H2,1H3. The molecule has 0 aromatic heterocycles. The predicted molar refractivity (Wildman–Crippen MR) is 133 cm³/mol. The highest BCUT2D eigenvalue weighted by molar-refractivity contribution is 7.92. The topological polar surface area (TPSA) is 69.7 Å². The number of nitrogens with one attached hydrogen (secondary N) is 1. The third-order valence-corrected chi connectivity index (χ3v) is 7.86. The molecule has 0 spiro atoms. The second-order valence-corrected chi connectivity index (χ2v) is 10.8. The molecule has 2 heterocycles. The molecule has 1 amide bonds. The Hall–Kier alpha value is -2.64. The third-order valence-electron chi connectivity index (χ3n) is 6.55. The molecule has 2 aliphatic rings. The van der Waals surface area contributed by atoms with Gasteiger partial charge in [0.2, 0.25) is 15.9 Å². The average Bonchev–Trinajstić information content (AvgIpc) is 3.26. The van der Waals surface area contributed by atoms with E-state index < -0.39 is 10.0 Å². The minimum Gasteiger partial charge on any atom is -0.330 e. The molecule has 0 saturated carbocycles. The highest BCUT2D eigenvalue weighted by Crippen LogP contribution is 2.32. The van der Waals surface area contributed by atoms with Gasteiger partial charge in [0.25, 0.3) is 0 Å². The number of hydrogen-bond donors (Lipinski definition) is 1. The van der Waals surface area contributed by atoms with Gasteiger partial charge in [-0.05, 0) is 62.5 Å². The molecular weight excluding hydrogens is 434 g/mol. The number of likely N-dealkylation sites (tertiary alicyclic amines) is 1. The quantitative estimate of drug-likeness (QED) is 0.592. The van der Waals surface area contributed by atoms with Crippen molar-refractivity contribution in [3.05, 3.63) is 77.9 Å². The number of hydrogen-bond acceptors (Lipinski definition) is 4. The molecule has 176 valence electrons. The fourth-order valence-corrected chi connectivity index (χ4v) is 5.34. The molecule has 1 N–H and O–H groups in total. The average molecular weight is 468 g/mol. The Morgan fingerprint density at radius 1 is 1.03 bits per heavy atom. The molecule has 4 rings (SSSR count). The Labute approximate surface area is 197 Å². The summed E-state index contributed by atoms with van der Waals surface area (Å²) in [6.07, 6.45) is 7.17. The van der Waals surface area contributed by atoms with Crippen molar-refractivity contribution in [1.82, 2.24) is 9.80 Å². The first-order chi connectivity index (χ1) is 16.0. The Kier molecular flexibility index (Phi) is 7.50. The van der Waals surface area contributed by atoms with Gasteiger partial charge in [-0.25, -0.2) is 8.42 Å². The first-order valence-electron chi connectivity index (χ1n) is 11.8. The highest BCUT2D eigenvalue weighted by atomic mass is 32.2. The van der Waals surface area contributed by atoms with Crippen LogP contribution in [0.15, 0.2) is 66.7 Å². The van der Waals surface area contributed by atoms with Crippen molar-refractivity contribution in [2.24, 2.45) is 0 Å². The molecule has 0 radical (unpaired) electrons. The van der Waals surface area contributed by atoms with Crippen molar-refractivity contribution < 1.29 is 13.2 Å². The van der Waals surface area contributed by atoms with Gasteiger partial charge in [-0.2, -0.15) is 0 Å². The van der Waals surface area contributed by atoms with Crippen LogP contribution in [0.25, 0.3) is 0 Å². The van der Waals surface area contributed by atoms with Gasteiger partial charge in [-0.1, -0.05) is 54.6 Å². The van der Waals surface area contributed by atoms with Crippen molar-refractivity contribution in [3.8, 4) is 0 Å². The summed E-state index contributed by atoms with van der Waals surface area (Å²) in [6.45, 7) is 5.15. The maximum Gasteiger partial charge on any atom is 0.232 e. The summed E-state index contributed by atoms with van der Waals surface area (Å²) in [7, 11) is -3.38. The lowest BCUT2D eigenvalue weighted by molar-refractivity contribution is -0.134. The summed E-state index contributed by atoms with van der Waals surface area (Å²) >= 11 is 0. The zero-order valence-electron chi connectivity index (χ0n) is 19.2. The van der Waals surface area contributed by atoms with Gasteiger partial charge in [0.1, 0.15) is 0 Å². The number of rotatable bonds is 8. The van der Waals surface area contributed by atoms with Crippen LogP contribution in [0, 0.1) is 0 Å². The van der Waals surface area contributed by atoms with Crippen LogP contribution in [-0.4, -0.2) is 56.1 Å². The van der Waals surface area contributed by atoms with Crippen LogP contribution in [0.4, 0.5) is 5.69 Å². The normalized spacial score (nSPS) is 20.6. The van der Waals surface area contributed by atoms with E-state index in [9.17, 15) is 13.2 Å². The second kappa shape index (κ2) is 10.5. The van der Waals surface area contributed by atoms with E-state index in [4.69, 9.17) is 0 Å². The van der Waals surface area contributed by atoms with Crippen LogP contribution in [0.2, 0.25) is 0 Å². The van der Waals surface area contributed by atoms with Crippen molar-refractivity contribution in [1.29, 1.82) is 0 Å². The fourth-order valence-electron chi connectivity index (χ4n) is 4.71. The Morgan fingerprint density at radius 3 is 2.52 bits per heavy atom. The van der Waals surface area contributed by atoms with E-state index in [0.717, 1.165) is 30.8 Å². The van der Waals surface area contributed by atoms with E-state index in [-0.39, 0.29) is 23.6 Å². The number of carbonyl (C=O) groups is 1. The van der Waals surface area contributed by atoms with Gasteiger partial charge < -0.3 is 9.80 Å². The highest BCUT2D eigenvalue weighted by Gasteiger charge is 2.33.